The zero-order valence-electron chi connectivity index (χ0n) is 20.0. The average molecular weight is 455 g/mol. The number of tetrazole rings is 1. The number of pyridine rings is 1. The molecule has 7 heteroatoms. The van der Waals surface area contributed by atoms with E-state index in [9.17, 15) is 4.79 Å². The predicted molar refractivity (Wildman–Crippen MR) is 133 cm³/mol. The van der Waals surface area contributed by atoms with Crippen LogP contribution in [0.1, 0.15) is 72.8 Å². The molecule has 1 aliphatic heterocycles. The zero-order chi connectivity index (χ0) is 23.4. The monoisotopic (exact) mass is 454 g/mol. The van der Waals surface area contributed by atoms with Crippen LogP contribution >= 0.6 is 0 Å². The van der Waals surface area contributed by atoms with Gasteiger partial charge in [-0.15, -0.1) is 5.10 Å². The highest BCUT2D eigenvalue weighted by Gasteiger charge is 2.39. The van der Waals surface area contributed by atoms with Gasteiger partial charge in [-0.2, -0.15) is 0 Å². The quantitative estimate of drug-likeness (QED) is 0.480. The molecule has 7 nitrogen and oxygen atoms in total. The summed E-state index contributed by atoms with van der Waals surface area (Å²) in [5.41, 5.74) is 6.20. The van der Waals surface area contributed by atoms with Gasteiger partial charge in [0.05, 0.1) is 11.6 Å². The normalized spacial score (nSPS) is 19.1. The molecule has 1 saturated carbocycles. The van der Waals surface area contributed by atoms with Crippen LogP contribution in [0.15, 0.2) is 47.3 Å². The first-order valence-corrected chi connectivity index (χ1v) is 12.3. The van der Waals surface area contributed by atoms with Crippen LogP contribution in [0.5, 0.6) is 0 Å². The standard InChI is InChI=1S/C27H30N6O/c1-16-12-17(2)24-20(13-16)15-22(27(34)28-24)25(26-29-30-31-33(26)21-9-5-6-10-21)32-18(3)14-19-8-4-7-11-23(19)32/h4,7-8,11-13,15,18,21,25H,5-6,9-10,14H2,1-3H3,(H,28,34)/t18-,25+/m0/s1. The number of hydrogen-bond acceptors (Lipinski definition) is 5. The largest absolute Gasteiger partial charge is 0.354 e. The Kier molecular flexibility index (Phi) is 5.01. The highest BCUT2D eigenvalue weighted by atomic mass is 16.1. The summed E-state index contributed by atoms with van der Waals surface area (Å²) in [4.78, 5) is 19.2. The molecule has 3 heterocycles. The van der Waals surface area contributed by atoms with Crippen molar-refractivity contribution in [2.45, 2.75) is 71.0 Å². The predicted octanol–water partition coefficient (Wildman–Crippen LogP) is 4.79. The summed E-state index contributed by atoms with van der Waals surface area (Å²) >= 11 is 0. The number of aromatic nitrogens is 5. The summed E-state index contributed by atoms with van der Waals surface area (Å²) in [6.45, 7) is 6.36. The Morgan fingerprint density at radius 2 is 1.88 bits per heavy atom. The van der Waals surface area contributed by atoms with Crippen molar-refractivity contribution < 1.29 is 0 Å². The van der Waals surface area contributed by atoms with E-state index in [1.54, 1.807) is 0 Å². The Hall–Kier alpha value is -3.48. The van der Waals surface area contributed by atoms with Crippen LogP contribution in [0.4, 0.5) is 5.69 Å². The maximum Gasteiger partial charge on any atom is 0.254 e. The van der Waals surface area contributed by atoms with Crippen molar-refractivity contribution in [3.05, 3.63) is 80.9 Å². The maximum atomic E-state index is 13.7. The number of H-pyrrole nitrogens is 1. The number of aryl methyl sites for hydroxylation is 2. The Balaban J connectivity index is 1.60. The highest BCUT2D eigenvalue weighted by Crippen LogP contribution is 2.42. The van der Waals surface area contributed by atoms with Gasteiger partial charge < -0.3 is 9.88 Å². The number of para-hydroxylation sites is 1. The van der Waals surface area contributed by atoms with Crippen molar-refractivity contribution in [2.24, 2.45) is 0 Å². The van der Waals surface area contributed by atoms with Gasteiger partial charge in [0, 0.05) is 17.3 Å². The van der Waals surface area contributed by atoms with E-state index in [1.165, 1.54) is 24.0 Å². The van der Waals surface area contributed by atoms with Crippen molar-refractivity contribution in [3.8, 4) is 0 Å². The maximum absolute atomic E-state index is 13.7. The second-order valence-electron chi connectivity index (χ2n) is 10.0. The number of benzene rings is 2. The number of anilines is 1. The van der Waals surface area contributed by atoms with E-state index in [4.69, 9.17) is 0 Å². The first-order valence-electron chi connectivity index (χ1n) is 12.3. The third-order valence-electron chi connectivity index (χ3n) is 7.59. The van der Waals surface area contributed by atoms with Crippen LogP contribution in [-0.2, 0) is 6.42 Å². The van der Waals surface area contributed by atoms with Gasteiger partial charge >= 0.3 is 0 Å². The Morgan fingerprint density at radius 1 is 1.09 bits per heavy atom. The van der Waals surface area contributed by atoms with Crippen molar-refractivity contribution in [2.75, 3.05) is 4.90 Å². The van der Waals surface area contributed by atoms with Crippen LogP contribution in [0.3, 0.4) is 0 Å². The minimum absolute atomic E-state index is 0.0815. The zero-order valence-corrected chi connectivity index (χ0v) is 20.0. The van der Waals surface area contributed by atoms with Gasteiger partial charge in [-0.3, -0.25) is 4.79 Å². The summed E-state index contributed by atoms with van der Waals surface area (Å²) in [7, 11) is 0. The summed E-state index contributed by atoms with van der Waals surface area (Å²) in [5.74, 6) is 0.754. The van der Waals surface area contributed by atoms with Gasteiger partial charge in [0.1, 0.15) is 6.04 Å². The average Bonchev–Trinajstić information content (AvgIpc) is 3.55. The molecule has 0 bridgehead atoms. The van der Waals surface area contributed by atoms with E-state index >= 15 is 0 Å². The van der Waals surface area contributed by atoms with Gasteiger partial charge in [-0.1, -0.05) is 42.7 Å². The van der Waals surface area contributed by atoms with E-state index in [-0.39, 0.29) is 23.7 Å². The third kappa shape index (κ3) is 3.33. The van der Waals surface area contributed by atoms with Crippen molar-refractivity contribution in [1.82, 2.24) is 25.2 Å². The molecule has 0 radical (unpaired) electrons. The number of aromatic amines is 1. The molecular formula is C27H30N6O. The molecule has 1 aliphatic carbocycles. The molecule has 0 unspecified atom stereocenters. The molecule has 0 saturated heterocycles. The van der Waals surface area contributed by atoms with Crippen LogP contribution in [0.25, 0.3) is 10.9 Å². The van der Waals surface area contributed by atoms with E-state index in [1.807, 2.05) is 11.6 Å². The molecule has 1 N–H and O–H groups in total. The molecule has 6 rings (SSSR count). The smallest absolute Gasteiger partial charge is 0.254 e. The SMILES string of the molecule is Cc1cc(C)c2[nH]c(=O)c([C@H](c3nnnn3C3CCCC3)N3c4ccccc4C[C@@H]3C)cc2c1. The Morgan fingerprint density at radius 3 is 2.71 bits per heavy atom. The van der Waals surface area contributed by atoms with Gasteiger partial charge in [0.2, 0.25) is 0 Å². The van der Waals surface area contributed by atoms with E-state index in [0.29, 0.717) is 5.56 Å². The Labute approximate surface area is 198 Å². The van der Waals surface area contributed by atoms with Crippen LogP contribution in [-0.4, -0.2) is 31.2 Å². The van der Waals surface area contributed by atoms with E-state index in [0.717, 1.165) is 47.2 Å². The van der Waals surface area contributed by atoms with E-state index < -0.39 is 0 Å². The molecule has 1 fully saturated rings. The summed E-state index contributed by atoms with van der Waals surface area (Å²) in [6.07, 6.45) is 5.45. The first kappa shape index (κ1) is 21.1. The molecule has 2 aromatic carbocycles. The lowest BCUT2D eigenvalue weighted by Crippen LogP contribution is -2.39. The molecule has 174 valence electrons. The van der Waals surface area contributed by atoms with Crippen LogP contribution in [0.2, 0.25) is 0 Å². The second kappa shape index (κ2) is 8.08. The van der Waals surface area contributed by atoms with Crippen LogP contribution < -0.4 is 10.5 Å². The van der Waals surface area contributed by atoms with Crippen molar-refractivity contribution >= 4 is 16.6 Å². The minimum Gasteiger partial charge on any atom is -0.354 e. The van der Waals surface area contributed by atoms with Crippen molar-refractivity contribution in [3.63, 3.8) is 0 Å². The van der Waals surface area contributed by atoms with Gasteiger partial charge in [0.25, 0.3) is 5.56 Å². The fourth-order valence-corrected chi connectivity index (χ4v) is 6.09. The van der Waals surface area contributed by atoms with Gasteiger partial charge in [-0.05, 0) is 85.2 Å². The Bertz CT molecular complexity index is 1430. The molecule has 2 aliphatic rings. The number of nitrogens with one attached hydrogen (secondary N) is 1. The topological polar surface area (TPSA) is 79.7 Å². The summed E-state index contributed by atoms with van der Waals surface area (Å²) in [6, 6.07) is 14.9. The summed E-state index contributed by atoms with van der Waals surface area (Å²) in [5, 5.41) is 14.1. The molecule has 2 aromatic heterocycles. The number of nitrogens with zero attached hydrogens (tertiary/aromatic N) is 5. The van der Waals surface area contributed by atoms with Gasteiger partial charge in [0.15, 0.2) is 5.82 Å². The van der Waals surface area contributed by atoms with E-state index in [2.05, 4.69) is 81.7 Å². The molecular weight excluding hydrogens is 424 g/mol. The van der Waals surface area contributed by atoms with Gasteiger partial charge in [-0.25, -0.2) is 4.68 Å². The molecule has 0 spiro atoms. The molecule has 34 heavy (non-hydrogen) atoms. The lowest BCUT2D eigenvalue weighted by atomic mass is 9.99. The third-order valence-corrected chi connectivity index (χ3v) is 7.59. The number of fused-ring (bicyclic) bond motifs is 2. The number of hydrogen-bond donors (Lipinski definition) is 1. The second-order valence-corrected chi connectivity index (χ2v) is 10.0. The minimum atomic E-state index is -0.372. The molecule has 2 atom stereocenters. The fraction of sp³-hybridized carbons (Fsp3) is 0.407. The molecule has 4 aromatic rings. The lowest BCUT2D eigenvalue weighted by molar-refractivity contribution is 0.423. The lowest BCUT2D eigenvalue weighted by Gasteiger charge is -2.34. The van der Waals surface area contributed by atoms with Crippen LogP contribution in [0, 0.1) is 13.8 Å². The highest BCUT2D eigenvalue weighted by molar-refractivity contribution is 5.83. The number of rotatable bonds is 4. The fourth-order valence-electron chi connectivity index (χ4n) is 6.09. The first-order chi connectivity index (χ1) is 16.5. The van der Waals surface area contributed by atoms with Crippen molar-refractivity contribution in [1.29, 1.82) is 0 Å². The summed E-state index contributed by atoms with van der Waals surface area (Å²) < 4.78 is 2.00. The molecule has 0 amide bonds.